The van der Waals surface area contributed by atoms with Crippen LogP contribution in [0.2, 0.25) is 0 Å². The lowest BCUT2D eigenvalue weighted by atomic mass is 10.0. The Balaban J connectivity index is 2.10. The van der Waals surface area contributed by atoms with E-state index in [1.807, 2.05) is 60.7 Å². The van der Waals surface area contributed by atoms with E-state index in [9.17, 15) is 15.0 Å². The Morgan fingerprint density at radius 1 is 1.00 bits per heavy atom. The molecule has 0 heterocycles. The summed E-state index contributed by atoms with van der Waals surface area (Å²) in [7, 11) is 0. The average Bonchev–Trinajstić information content (AvgIpc) is 2.53. The summed E-state index contributed by atoms with van der Waals surface area (Å²) in [4.78, 5) is 11.4. The van der Waals surface area contributed by atoms with Crippen LogP contribution in [0.1, 0.15) is 17.2 Å². The third kappa shape index (κ3) is 4.41. The van der Waals surface area contributed by atoms with E-state index in [1.54, 1.807) is 0 Å². The fourth-order valence-electron chi connectivity index (χ4n) is 2.25. The number of benzene rings is 2. The lowest BCUT2D eigenvalue weighted by molar-refractivity contribution is -0.139. The van der Waals surface area contributed by atoms with Crippen LogP contribution in [0, 0.1) is 0 Å². The molecule has 0 radical (unpaired) electrons. The molecule has 4 heteroatoms. The molecule has 0 saturated heterocycles. The molecule has 21 heavy (non-hydrogen) atoms. The summed E-state index contributed by atoms with van der Waals surface area (Å²) in [6.45, 7) is -0.150. The monoisotopic (exact) mass is 285 g/mol. The van der Waals surface area contributed by atoms with Gasteiger partial charge in [0, 0.05) is 0 Å². The Morgan fingerprint density at radius 2 is 1.57 bits per heavy atom. The summed E-state index contributed by atoms with van der Waals surface area (Å²) in [6, 6.07) is 17.7. The van der Waals surface area contributed by atoms with Gasteiger partial charge in [-0.05, 0) is 17.5 Å². The Bertz CT molecular complexity index is 557. The highest BCUT2D eigenvalue weighted by molar-refractivity contribution is 5.74. The van der Waals surface area contributed by atoms with Crippen molar-refractivity contribution in [3.8, 4) is 0 Å². The van der Waals surface area contributed by atoms with E-state index in [0.29, 0.717) is 6.42 Å². The number of carbonyl (C=O) groups is 1. The molecule has 0 aliphatic carbocycles. The molecular weight excluding hydrogens is 266 g/mol. The van der Waals surface area contributed by atoms with Crippen LogP contribution < -0.4 is 5.32 Å². The molecule has 2 atom stereocenters. The van der Waals surface area contributed by atoms with Gasteiger partial charge in [0.15, 0.2) is 0 Å². The Morgan fingerprint density at radius 3 is 2.10 bits per heavy atom. The fraction of sp³-hybridized carbons (Fsp3) is 0.235. The molecular formula is C17H19NO3. The third-order valence-electron chi connectivity index (χ3n) is 3.37. The van der Waals surface area contributed by atoms with Crippen molar-refractivity contribution in [3.05, 3.63) is 71.8 Å². The van der Waals surface area contributed by atoms with E-state index in [4.69, 9.17) is 0 Å². The van der Waals surface area contributed by atoms with E-state index < -0.39 is 18.1 Å². The molecule has 2 aromatic carbocycles. The predicted octanol–water partition coefficient (Wildman–Crippen LogP) is 2.01. The molecule has 0 fully saturated rings. The largest absolute Gasteiger partial charge is 0.480 e. The molecule has 0 aliphatic heterocycles. The van der Waals surface area contributed by atoms with Gasteiger partial charge in [-0.1, -0.05) is 60.7 Å². The standard InChI is InChI=1S/C17H19NO3/c19-12-16(14-9-5-2-6-10-14)18-15(17(20)21)11-13-7-3-1-4-8-13/h1-10,15-16,18-19H,11-12H2,(H,20,21)/t15-,16-/m1/s1. The molecule has 0 unspecified atom stereocenters. The van der Waals surface area contributed by atoms with Crippen molar-refractivity contribution >= 4 is 5.97 Å². The minimum atomic E-state index is -0.923. The lowest BCUT2D eigenvalue weighted by Gasteiger charge is -2.22. The number of hydrogen-bond donors (Lipinski definition) is 3. The maximum atomic E-state index is 11.4. The van der Waals surface area contributed by atoms with Crippen molar-refractivity contribution in [2.45, 2.75) is 18.5 Å². The van der Waals surface area contributed by atoms with Crippen molar-refractivity contribution in [1.82, 2.24) is 5.32 Å². The minimum Gasteiger partial charge on any atom is -0.480 e. The van der Waals surface area contributed by atoms with Crippen molar-refractivity contribution in [1.29, 1.82) is 0 Å². The number of aliphatic carboxylic acids is 1. The predicted molar refractivity (Wildman–Crippen MR) is 81.0 cm³/mol. The normalized spacial score (nSPS) is 13.6. The van der Waals surface area contributed by atoms with Crippen LogP contribution in [-0.4, -0.2) is 28.8 Å². The van der Waals surface area contributed by atoms with E-state index in [0.717, 1.165) is 11.1 Å². The quantitative estimate of drug-likeness (QED) is 0.728. The van der Waals surface area contributed by atoms with Gasteiger partial charge >= 0.3 is 5.97 Å². The van der Waals surface area contributed by atoms with Gasteiger partial charge in [-0.3, -0.25) is 10.1 Å². The summed E-state index contributed by atoms with van der Waals surface area (Å²) in [5.41, 5.74) is 1.82. The zero-order valence-corrected chi connectivity index (χ0v) is 11.6. The van der Waals surface area contributed by atoms with Gasteiger partial charge in [-0.2, -0.15) is 0 Å². The van der Waals surface area contributed by atoms with Gasteiger partial charge in [0.2, 0.25) is 0 Å². The highest BCUT2D eigenvalue weighted by atomic mass is 16.4. The van der Waals surface area contributed by atoms with E-state index >= 15 is 0 Å². The Kier molecular flexibility index (Phi) is 5.49. The maximum absolute atomic E-state index is 11.4. The molecule has 0 saturated carbocycles. The lowest BCUT2D eigenvalue weighted by Crippen LogP contribution is -2.42. The number of rotatable bonds is 7. The molecule has 0 amide bonds. The zero-order valence-electron chi connectivity index (χ0n) is 11.6. The summed E-state index contributed by atoms with van der Waals surface area (Å²) in [6.07, 6.45) is 0.375. The third-order valence-corrected chi connectivity index (χ3v) is 3.37. The first-order valence-electron chi connectivity index (χ1n) is 6.89. The summed E-state index contributed by atoms with van der Waals surface area (Å²) < 4.78 is 0. The first-order valence-corrected chi connectivity index (χ1v) is 6.89. The molecule has 4 nitrogen and oxygen atoms in total. The van der Waals surface area contributed by atoms with Crippen molar-refractivity contribution in [2.24, 2.45) is 0 Å². The molecule has 0 bridgehead atoms. The zero-order chi connectivity index (χ0) is 15.1. The first-order chi connectivity index (χ1) is 10.2. The molecule has 0 spiro atoms. The molecule has 110 valence electrons. The topological polar surface area (TPSA) is 69.6 Å². The van der Waals surface area contributed by atoms with Gasteiger partial charge < -0.3 is 10.2 Å². The Hall–Kier alpha value is -2.17. The van der Waals surface area contributed by atoms with Gasteiger partial charge in [-0.25, -0.2) is 0 Å². The summed E-state index contributed by atoms with van der Waals surface area (Å²) in [5, 5.41) is 21.9. The van der Waals surface area contributed by atoms with Gasteiger partial charge in [0.05, 0.1) is 12.6 Å². The van der Waals surface area contributed by atoms with Gasteiger partial charge in [0.25, 0.3) is 0 Å². The number of nitrogens with one attached hydrogen (secondary N) is 1. The maximum Gasteiger partial charge on any atom is 0.321 e. The van der Waals surface area contributed by atoms with Crippen LogP contribution in [0.25, 0.3) is 0 Å². The van der Waals surface area contributed by atoms with E-state index in [2.05, 4.69) is 5.32 Å². The van der Waals surface area contributed by atoms with Crippen LogP contribution in [0.15, 0.2) is 60.7 Å². The highest BCUT2D eigenvalue weighted by Gasteiger charge is 2.22. The second-order valence-electron chi connectivity index (χ2n) is 4.89. The molecule has 0 aromatic heterocycles. The summed E-state index contributed by atoms with van der Waals surface area (Å²) in [5.74, 6) is -0.923. The number of hydrogen-bond acceptors (Lipinski definition) is 3. The van der Waals surface area contributed by atoms with Crippen LogP contribution in [0.5, 0.6) is 0 Å². The van der Waals surface area contributed by atoms with Crippen molar-refractivity contribution in [2.75, 3.05) is 6.61 Å². The first kappa shape index (κ1) is 15.2. The van der Waals surface area contributed by atoms with Crippen LogP contribution >= 0.6 is 0 Å². The van der Waals surface area contributed by atoms with Gasteiger partial charge in [-0.15, -0.1) is 0 Å². The minimum absolute atomic E-state index is 0.150. The van der Waals surface area contributed by atoms with Gasteiger partial charge in [0.1, 0.15) is 6.04 Å². The van der Waals surface area contributed by atoms with Crippen molar-refractivity contribution < 1.29 is 15.0 Å². The van der Waals surface area contributed by atoms with Crippen LogP contribution in [0.3, 0.4) is 0 Å². The smallest absolute Gasteiger partial charge is 0.321 e. The summed E-state index contributed by atoms with van der Waals surface area (Å²) >= 11 is 0. The Labute approximate surface area is 124 Å². The molecule has 3 N–H and O–H groups in total. The number of aliphatic hydroxyl groups is 1. The highest BCUT2D eigenvalue weighted by Crippen LogP contribution is 2.14. The van der Waals surface area contributed by atoms with E-state index in [1.165, 1.54) is 0 Å². The van der Waals surface area contributed by atoms with Crippen LogP contribution in [-0.2, 0) is 11.2 Å². The molecule has 2 aromatic rings. The second-order valence-corrected chi connectivity index (χ2v) is 4.89. The van der Waals surface area contributed by atoms with Crippen molar-refractivity contribution in [3.63, 3.8) is 0 Å². The average molecular weight is 285 g/mol. The SMILES string of the molecule is O=C(O)[C@@H](Cc1ccccc1)N[C@H](CO)c1ccccc1. The molecule has 2 rings (SSSR count). The fourth-order valence-corrected chi connectivity index (χ4v) is 2.25. The van der Waals surface area contributed by atoms with E-state index in [-0.39, 0.29) is 6.61 Å². The number of carboxylic acids is 1. The number of carboxylic acid groups (broad SMARTS) is 1. The molecule has 0 aliphatic rings. The second kappa shape index (κ2) is 7.57. The number of aliphatic hydroxyl groups excluding tert-OH is 1. The van der Waals surface area contributed by atoms with Crippen LogP contribution in [0.4, 0.5) is 0 Å².